The highest BCUT2D eigenvalue weighted by molar-refractivity contribution is 6.02. The van der Waals surface area contributed by atoms with Gasteiger partial charge in [-0.05, 0) is 48.1 Å². The van der Waals surface area contributed by atoms with E-state index in [9.17, 15) is 0 Å². The molecule has 0 bridgehead atoms. The molecule has 0 amide bonds. The van der Waals surface area contributed by atoms with Gasteiger partial charge in [0.1, 0.15) is 5.82 Å². The van der Waals surface area contributed by atoms with Gasteiger partial charge in [-0.25, -0.2) is 4.39 Å². The zero-order chi connectivity index (χ0) is 23.3. The minimum Gasteiger partial charge on any atom is -0.368 e. The molecule has 2 heterocycles. The van der Waals surface area contributed by atoms with Crippen LogP contribution >= 0.6 is 0 Å². The van der Waals surface area contributed by atoms with Crippen molar-refractivity contribution < 1.29 is 4.39 Å². The number of amidine groups is 1. The van der Waals surface area contributed by atoms with Crippen molar-refractivity contribution >= 4 is 11.5 Å². The van der Waals surface area contributed by atoms with Crippen LogP contribution in [0.5, 0.6) is 0 Å². The standard InChI is InChI=1S/C23H33FN8/c1-15(2)10-17-11-19(24)22(23(25)29-30-26)20(12-17)32-9-8-31(21(14-32)16(3)4)13-18-6-5-7-27-28-18/h5-7,11-12,15-16,21H,8-10,13-14H2,1-4H3,(H3,25,26,29). The molecule has 3 rings (SSSR count). The van der Waals surface area contributed by atoms with Crippen LogP contribution in [0.4, 0.5) is 10.1 Å². The van der Waals surface area contributed by atoms with Crippen LogP contribution < -0.4 is 10.7 Å². The molecule has 1 fully saturated rings. The molecule has 9 heteroatoms. The van der Waals surface area contributed by atoms with E-state index in [0.29, 0.717) is 30.6 Å². The molecule has 32 heavy (non-hydrogen) atoms. The Morgan fingerprint density at radius 3 is 2.69 bits per heavy atom. The Morgan fingerprint density at radius 1 is 1.28 bits per heavy atom. The molecule has 0 spiro atoms. The third kappa shape index (κ3) is 5.64. The zero-order valence-electron chi connectivity index (χ0n) is 19.3. The van der Waals surface area contributed by atoms with E-state index in [2.05, 4.69) is 58.0 Å². The highest BCUT2D eigenvalue weighted by Crippen LogP contribution is 2.31. The van der Waals surface area contributed by atoms with E-state index in [4.69, 9.17) is 11.3 Å². The summed E-state index contributed by atoms with van der Waals surface area (Å²) in [6.07, 6.45) is 2.44. The molecule has 1 aliphatic heterocycles. The number of halogens is 1. The number of hydrogen-bond donors (Lipinski definition) is 2. The molecule has 1 aromatic heterocycles. The second kappa shape index (κ2) is 10.6. The third-order valence-electron chi connectivity index (χ3n) is 5.80. The number of hydrogen-bond acceptors (Lipinski definition) is 6. The van der Waals surface area contributed by atoms with Crippen molar-refractivity contribution in [2.75, 3.05) is 24.5 Å². The van der Waals surface area contributed by atoms with Gasteiger partial charge in [-0.2, -0.15) is 10.2 Å². The van der Waals surface area contributed by atoms with E-state index < -0.39 is 5.82 Å². The van der Waals surface area contributed by atoms with Crippen LogP contribution in [0, 0.1) is 23.1 Å². The lowest BCUT2D eigenvalue weighted by molar-refractivity contribution is 0.128. The van der Waals surface area contributed by atoms with Gasteiger partial charge in [0.2, 0.25) is 0 Å². The summed E-state index contributed by atoms with van der Waals surface area (Å²) in [4.78, 5) is 4.57. The minimum atomic E-state index is -0.460. The van der Waals surface area contributed by atoms with Gasteiger partial charge in [-0.1, -0.05) is 32.9 Å². The molecule has 8 nitrogen and oxygen atoms in total. The summed E-state index contributed by atoms with van der Waals surface area (Å²) in [6, 6.07) is 7.62. The summed E-state index contributed by atoms with van der Waals surface area (Å²) in [5.74, 6) is 5.21. The normalized spacial score (nSPS) is 17.6. The molecule has 3 N–H and O–H groups in total. The smallest absolute Gasteiger partial charge is 0.181 e. The molecule has 1 aliphatic rings. The number of nitrogens with two attached hydrogens (primary N) is 1. The molecule has 1 saturated heterocycles. The van der Waals surface area contributed by atoms with Gasteiger partial charge in [0.15, 0.2) is 5.84 Å². The average Bonchev–Trinajstić information content (AvgIpc) is 2.74. The highest BCUT2D eigenvalue weighted by atomic mass is 19.1. The SMILES string of the molecule is CC(C)Cc1cc(F)c(C(=N)/N=N\N)c(N2CCN(Cc3cccnn3)C(C(C)C)C2)c1. The number of aromatic nitrogens is 2. The summed E-state index contributed by atoms with van der Waals surface area (Å²) in [5, 5.41) is 23.3. The van der Waals surface area contributed by atoms with E-state index >= 15 is 4.39 Å². The van der Waals surface area contributed by atoms with Crippen LogP contribution in [0.3, 0.4) is 0 Å². The number of piperazine rings is 1. The van der Waals surface area contributed by atoms with Gasteiger partial charge in [0, 0.05) is 38.4 Å². The zero-order valence-corrected chi connectivity index (χ0v) is 19.3. The maximum atomic E-state index is 15.2. The van der Waals surface area contributed by atoms with Gasteiger partial charge in [0.25, 0.3) is 0 Å². The van der Waals surface area contributed by atoms with Crippen LogP contribution in [0.15, 0.2) is 40.8 Å². The first-order valence-corrected chi connectivity index (χ1v) is 11.1. The predicted octanol–water partition coefficient (Wildman–Crippen LogP) is 3.81. The lowest BCUT2D eigenvalue weighted by atomic mass is 9.96. The Bertz CT molecular complexity index is 945. The van der Waals surface area contributed by atoms with Crippen LogP contribution in [0.2, 0.25) is 0 Å². The highest BCUT2D eigenvalue weighted by Gasteiger charge is 2.32. The second-order valence-electron chi connectivity index (χ2n) is 9.08. The molecule has 0 saturated carbocycles. The van der Waals surface area contributed by atoms with Crippen molar-refractivity contribution in [1.29, 1.82) is 5.41 Å². The van der Waals surface area contributed by atoms with Crippen molar-refractivity contribution in [1.82, 2.24) is 15.1 Å². The average molecular weight is 441 g/mol. The van der Waals surface area contributed by atoms with Gasteiger partial charge < -0.3 is 10.7 Å². The summed E-state index contributed by atoms with van der Waals surface area (Å²) >= 11 is 0. The van der Waals surface area contributed by atoms with Crippen molar-refractivity contribution in [2.45, 2.75) is 46.7 Å². The Morgan fingerprint density at radius 2 is 2.06 bits per heavy atom. The van der Waals surface area contributed by atoms with Gasteiger partial charge in [-0.15, -0.1) is 5.11 Å². The number of anilines is 1. The van der Waals surface area contributed by atoms with Crippen LogP contribution in [0.1, 0.15) is 44.5 Å². The van der Waals surface area contributed by atoms with E-state index in [1.807, 2.05) is 18.2 Å². The number of rotatable bonds is 7. The molecule has 172 valence electrons. The van der Waals surface area contributed by atoms with Gasteiger partial charge in [0.05, 0.1) is 16.9 Å². The maximum absolute atomic E-state index is 15.2. The van der Waals surface area contributed by atoms with Crippen LogP contribution in [-0.2, 0) is 13.0 Å². The molecule has 0 aliphatic carbocycles. The molecular formula is C23H33FN8. The predicted molar refractivity (Wildman–Crippen MR) is 124 cm³/mol. The van der Waals surface area contributed by atoms with Crippen molar-refractivity contribution in [3.63, 3.8) is 0 Å². The molecular weight excluding hydrogens is 407 g/mol. The lowest BCUT2D eigenvalue weighted by Crippen LogP contribution is -2.55. The lowest BCUT2D eigenvalue weighted by Gasteiger charge is -2.44. The van der Waals surface area contributed by atoms with E-state index in [0.717, 1.165) is 30.8 Å². The number of benzene rings is 1. The Kier molecular flexibility index (Phi) is 7.84. The van der Waals surface area contributed by atoms with Crippen molar-refractivity contribution in [2.24, 2.45) is 28.0 Å². The van der Waals surface area contributed by atoms with E-state index in [-0.39, 0.29) is 17.4 Å². The first-order chi connectivity index (χ1) is 15.3. The number of nitrogens with zero attached hydrogens (tertiary/aromatic N) is 6. The fraction of sp³-hybridized carbons (Fsp3) is 0.522. The summed E-state index contributed by atoms with van der Waals surface area (Å²) < 4.78 is 15.2. The molecule has 0 radical (unpaired) electrons. The topological polar surface area (TPSA) is 107 Å². The molecule has 1 unspecified atom stereocenters. The summed E-state index contributed by atoms with van der Waals surface area (Å²) in [6.45, 7) is 11.5. The fourth-order valence-electron chi connectivity index (χ4n) is 4.35. The quantitative estimate of drug-likeness (QED) is 0.224. The molecule has 1 aromatic carbocycles. The largest absolute Gasteiger partial charge is 0.368 e. The first-order valence-electron chi connectivity index (χ1n) is 11.1. The maximum Gasteiger partial charge on any atom is 0.181 e. The van der Waals surface area contributed by atoms with E-state index in [1.54, 1.807) is 6.20 Å². The number of nitrogens with one attached hydrogen (secondary N) is 1. The third-order valence-corrected chi connectivity index (χ3v) is 5.80. The van der Waals surface area contributed by atoms with Crippen molar-refractivity contribution in [3.8, 4) is 0 Å². The Balaban J connectivity index is 1.93. The van der Waals surface area contributed by atoms with Crippen LogP contribution in [0.25, 0.3) is 0 Å². The van der Waals surface area contributed by atoms with Gasteiger partial charge in [-0.3, -0.25) is 10.3 Å². The second-order valence-corrected chi connectivity index (χ2v) is 9.08. The fourth-order valence-corrected chi connectivity index (χ4v) is 4.35. The Hall–Kier alpha value is -2.94. The molecule has 1 atom stereocenters. The Labute approximate surface area is 189 Å². The molecule has 2 aromatic rings. The first kappa shape index (κ1) is 23.7. The van der Waals surface area contributed by atoms with Gasteiger partial charge >= 0.3 is 0 Å². The monoisotopic (exact) mass is 440 g/mol. The van der Waals surface area contributed by atoms with Crippen LogP contribution in [-0.4, -0.2) is 46.6 Å². The summed E-state index contributed by atoms with van der Waals surface area (Å²) in [7, 11) is 0. The summed E-state index contributed by atoms with van der Waals surface area (Å²) in [5.41, 5.74) is 2.68. The van der Waals surface area contributed by atoms with E-state index in [1.165, 1.54) is 6.07 Å². The minimum absolute atomic E-state index is 0.150. The van der Waals surface area contributed by atoms with Crippen molar-refractivity contribution in [3.05, 3.63) is 53.1 Å².